The highest BCUT2D eigenvalue weighted by molar-refractivity contribution is 9.10. The zero-order chi connectivity index (χ0) is 15.4. The molecule has 0 bridgehead atoms. The predicted octanol–water partition coefficient (Wildman–Crippen LogP) is 4.60. The summed E-state index contributed by atoms with van der Waals surface area (Å²) in [5.41, 5.74) is 2.86. The minimum atomic E-state index is -0.359. The molecule has 21 heavy (non-hydrogen) atoms. The Hall–Kier alpha value is -2.14. The fourth-order valence-electron chi connectivity index (χ4n) is 1.84. The quantitative estimate of drug-likeness (QED) is 0.797. The lowest BCUT2D eigenvalue weighted by Crippen LogP contribution is -2.20. The van der Waals surface area contributed by atoms with E-state index in [0.717, 1.165) is 10.0 Å². The first-order chi connectivity index (χ1) is 9.97. The zero-order valence-corrected chi connectivity index (χ0v) is 13.3. The summed E-state index contributed by atoms with van der Waals surface area (Å²) < 4.78 is 0.845. The van der Waals surface area contributed by atoms with Crippen LogP contribution in [0.5, 0.6) is 0 Å². The number of halogens is 1. The van der Waals surface area contributed by atoms with Crippen molar-refractivity contribution in [3.8, 4) is 0 Å². The van der Waals surface area contributed by atoms with Crippen LogP contribution in [0.4, 0.5) is 16.2 Å². The van der Waals surface area contributed by atoms with E-state index in [1.165, 1.54) is 6.92 Å². The highest BCUT2D eigenvalue weighted by Crippen LogP contribution is 2.25. The molecule has 2 amide bonds. The molecule has 0 saturated heterocycles. The van der Waals surface area contributed by atoms with Gasteiger partial charge in [0.25, 0.3) is 0 Å². The van der Waals surface area contributed by atoms with Gasteiger partial charge < -0.3 is 10.6 Å². The molecule has 2 aromatic carbocycles. The molecule has 0 aromatic heterocycles. The monoisotopic (exact) mass is 346 g/mol. The number of ketones is 1. The molecular formula is C16H15BrN2O2. The van der Waals surface area contributed by atoms with Crippen molar-refractivity contribution < 1.29 is 9.59 Å². The standard InChI is InChI=1S/C16H15BrN2O2/c1-10-5-3-8-14(15(10)17)19-16(21)18-13-7-4-6-12(9-13)11(2)20/h3-9H,1-2H3,(H2,18,19,21). The van der Waals surface area contributed by atoms with Gasteiger partial charge in [0.1, 0.15) is 0 Å². The number of amides is 2. The van der Waals surface area contributed by atoms with E-state index >= 15 is 0 Å². The molecule has 4 nitrogen and oxygen atoms in total. The highest BCUT2D eigenvalue weighted by Gasteiger charge is 2.08. The third-order valence-electron chi connectivity index (χ3n) is 2.97. The summed E-state index contributed by atoms with van der Waals surface area (Å²) >= 11 is 3.44. The first kappa shape index (κ1) is 15.3. The molecule has 2 rings (SSSR count). The van der Waals surface area contributed by atoms with Gasteiger partial charge in [-0.3, -0.25) is 4.79 Å². The van der Waals surface area contributed by atoms with Crippen molar-refractivity contribution in [2.75, 3.05) is 10.6 Å². The van der Waals surface area contributed by atoms with Crippen LogP contribution in [0.1, 0.15) is 22.8 Å². The number of aryl methyl sites for hydroxylation is 1. The topological polar surface area (TPSA) is 58.2 Å². The Balaban J connectivity index is 2.10. The Morgan fingerprint density at radius 2 is 1.76 bits per heavy atom. The van der Waals surface area contributed by atoms with Crippen LogP contribution < -0.4 is 10.6 Å². The number of hydrogen-bond acceptors (Lipinski definition) is 2. The van der Waals surface area contributed by atoms with Crippen LogP contribution in [-0.4, -0.2) is 11.8 Å². The Kier molecular flexibility index (Phi) is 4.75. The number of Topliss-reactive ketones (excluding diaryl/α,β-unsaturated/α-hetero) is 1. The van der Waals surface area contributed by atoms with Crippen LogP contribution in [-0.2, 0) is 0 Å². The van der Waals surface area contributed by atoms with E-state index in [2.05, 4.69) is 26.6 Å². The second-order valence-corrected chi connectivity index (χ2v) is 5.45. The lowest BCUT2D eigenvalue weighted by molar-refractivity contribution is 0.101. The summed E-state index contributed by atoms with van der Waals surface area (Å²) in [5.74, 6) is -0.0412. The van der Waals surface area contributed by atoms with Crippen molar-refractivity contribution in [2.45, 2.75) is 13.8 Å². The van der Waals surface area contributed by atoms with Crippen molar-refractivity contribution in [3.63, 3.8) is 0 Å². The number of rotatable bonds is 3. The molecule has 2 aromatic rings. The van der Waals surface area contributed by atoms with E-state index in [1.807, 2.05) is 25.1 Å². The SMILES string of the molecule is CC(=O)c1cccc(NC(=O)Nc2cccc(C)c2Br)c1. The average Bonchev–Trinajstić information content (AvgIpc) is 2.44. The molecule has 0 radical (unpaired) electrons. The normalized spacial score (nSPS) is 10.0. The van der Waals surface area contributed by atoms with E-state index in [-0.39, 0.29) is 11.8 Å². The van der Waals surface area contributed by atoms with E-state index < -0.39 is 0 Å². The maximum atomic E-state index is 12.0. The first-order valence-electron chi connectivity index (χ1n) is 6.41. The van der Waals surface area contributed by atoms with Crippen LogP contribution in [0, 0.1) is 6.92 Å². The highest BCUT2D eigenvalue weighted by atomic mass is 79.9. The van der Waals surface area contributed by atoms with E-state index in [9.17, 15) is 9.59 Å². The van der Waals surface area contributed by atoms with Gasteiger partial charge in [-0.2, -0.15) is 0 Å². The summed E-state index contributed by atoms with van der Waals surface area (Å²) in [5, 5.41) is 5.48. The van der Waals surface area contributed by atoms with Gasteiger partial charge in [-0.25, -0.2) is 4.79 Å². The van der Waals surface area contributed by atoms with Crippen LogP contribution in [0.25, 0.3) is 0 Å². The number of carbonyl (C=O) groups is 2. The number of urea groups is 1. The Bertz CT molecular complexity index is 698. The molecule has 5 heteroatoms. The zero-order valence-electron chi connectivity index (χ0n) is 11.7. The summed E-state index contributed by atoms with van der Waals surface area (Å²) in [6.07, 6.45) is 0. The van der Waals surface area contributed by atoms with Crippen molar-refractivity contribution in [1.29, 1.82) is 0 Å². The first-order valence-corrected chi connectivity index (χ1v) is 7.21. The van der Waals surface area contributed by atoms with Crippen molar-refractivity contribution in [1.82, 2.24) is 0 Å². The minimum absolute atomic E-state index is 0.0412. The number of nitrogens with one attached hydrogen (secondary N) is 2. The van der Waals surface area contributed by atoms with E-state index in [1.54, 1.807) is 24.3 Å². The maximum absolute atomic E-state index is 12.0. The average molecular weight is 347 g/mol. The second-order valence-electron chi connectivity index (χ2n) is 4.65. The number of anilines is 2. The lowest BCUT2D eigenvalue weighted by atomic mass is 10.1. The summed E-state index contributed by atoms with van der Waals surface area (Å²) in [4.78, 5) is 23.3. The summed E-state index contributed by atoms with van der Waals surface area (Å²) in [6.45, 7) is 3.44. The van der Waals surface area contributed by atoms with Gasteiger partial charge in [-0.1, -0.05) is 24.3 Å². The molecule has 0 fully saturated rings. The molecule has 0 aliphatic carbocycles. The van der Waals surface area contributed by atoms with Crippen LogP contribution in [0.15, 0.2) is 46.9 Å². The summed E-state index contributed by atoms with van der Waals surface area (Å²) in [7, 11) is 0. The molecule has 0 aliphatic rings. The van der Waals surface area contributed by atoms with Crippen molar-refractivity contribution >= 4 is 39.1 Å². The Morgan fingerprint density at radius 3 is 2.48 bits per heavy atom. The maximum Gasteiger partial charge on any atom is 0.323 e. The summed E-state index contributed by atoms with van der Waals surface area (Å²) in [6, 6.07) is 12.1. The van der Waals surface area contributed by atoms with E-state index in [4.69, 9.17) is 0 Å². The minimum Gasteiger partial charge on any atom is -0.308 e. The largest absolute Gasteiger partial charge is 0.323 e. The third-order valence-corrected chi connectivity index (χ3v) is 4.02. The fraction of sp³-hybridized carbons (Fsp3) is 0.125. The van der Waals surface area contributed by atoms with Crippen molar-refractivity contribution in [3.05, 3.63) is 58.1 Å². The molecule has 0 heterocycles. The Labute approximate surface area is 131 Å². The molecule has 0 spiro atoms. The smallest absolute Gasteiger partial charge is 0.308 e. The predicted molar refractivity (Wildman–Crippen MR) is 88.0 cm³/mol. The molecule has 108 valence electrons. The molecule has 2 N–H and O–H groups in total. The van der Waals surface area contributed by atoms with Gasteiger partial charge in [0.2, 0.25) is 0 Å². The van der Waals surface area contributed by atoms with Gasteiger partial charge in [-0.15, -0.1) is 0 Å². The van der Waals surface area contributed by atoms with Crippen molar-refractivity contribution in [2.24, 2.45) is 0 Å². The molecular weight excluding hydrogens is 332 g/mol. The van der Waals surface area contributed by atoms with Gasteiger partial charge in [0.05, 0.1) is 5.69 Å². The molecule has 0 aliphatic heterocycles. The van der Waals surface area contributed by atoms with Crippen LogP contribution in [0.2, 0.25) is 0 Å². The van der Waals surface area contributed by atoms with Gasteiger partial charge in [-0.05, 0) is 53.5 Å². The number of carbonyl (C=O) groups excluding carboxylic acids is 2. The molecule has 0 unspecified atom stereocenters. The molecule has 0 atom stereocenters. The van der Waals surface area contributed by atoms with Gasteiger partial charge in [0, 0.05) is 15.7 Å². The van der Waals surface area contributed by atoms with Gasteiger partial charge in [0.15, 0.2) is 5.78 Å². The third kappa shape index (κ3) is 3.92. The van der Waals surface area contributed by atoms with Crippen LogP contribution >= 0.6 is 15.9 Å². The molecule has 0 saturated carbocycles. The lowest BCUT2D eigenvalue weighted by Gasteiger charge is -2.11. The van der Waals surface area contributed by atoms with Crippen LogP contribution in [0.3, 0.4) is 0 Å². The fourth-order valence-corrected chi connectivity index (χ4v) is 2.21. The van der Waals surface area contributed by atoms with E-state index in [0.29, 0.717) is 16.9 Å². The van der Waals surface area contributed by atoms with Gasteiger partial charge >= 0.3 is 6.03 Å². The Morgan fingerprint density at radius 1 is 1.05 bits per heavy atom. The second kappa shape index (κ2) is 6.54. The number of hydrogen-bond donors (Lipinski definition) is 2. The number of benzene rings is 2.